The van der Waals surface area contributed by atoms with Crippen LogP contribution in [0.4, 0.5) is 0 Å². The first-order valence-corrected chi connectivity index (χ1v) is 9.50. The van der Waals surface area contributed by atoms with Crippen LogP contribution < -0.4 is 5.56 Å². The Hall–Kier alpha value is -2.60. The maximum absolute atomic E-state index is 13.3. The van der Waals surface area contributed by atoms with Gasteiger partial charge in [-0.05, 0) is 30.2 Å². The molecule has 2 heterocycles. The summed E-state index contributed by atoms with van der Waals surface area (Å²) in [6, 6.07) is 15.1. The Morgan fingerprint density at radius 3 is 2.69 bits per heavy atom. The molecule has 3 aromatic rings. The number of ether oxygens (including phenoxy) is 1. The van der Waals surface area contributed by atoms with Crippen molar-refractivity contribution in [1.29, 1.82) is 0 Å². The number of carbonyl (C=O) groups is 1. The molecule has 0 aliphatic carbocycles. The Kier molecular flexibility index (Phi) is 4.51. The second-order valence-electron chi connectivity index (χ2n) is 6.10. The van der Waals surface area contributed by atoms with E-state index in [4.69, 9.17) is 9.72 Å². The van der Waals surface area contributed by atoms with E-state index in [1.807, 2.05) is 42.5 Å². The van der Waals surface area contributed by atoms with Crippen LogP contribution in [0.3, 0.4) is 0 Å². The largest absolute Gasteiger partial charge is 0.465 e. The van der Waals surface area contributed by atoms with Gasteiger partial charge in [-0.25, -0.2) is 4.98 Å². The summed E-state index contributed by atoms with van der Waals surface area (Å²) in [5.41, 5.74) is 2.39. The van der Waals surface area contributed by atoms with Crippen molar-refractivity contribution in [3.63, 3.8) is 0 Å². The van der Waals surface area contributed by atoms with E-state index in [9.17, 15) is 9.59 Å². The van der Waals surface area contributed by atoms with E-state index in [2.05, 4.69) is 6.92 Å². The van der Waals surface area contributed by atoms with Gasteiger partial charge in [-0.3, -0.25) is 14.2 Å². The Morgan fingerprint density at radius 2 is 1.92 bits per heavy atom. The van der Waals surface area contributed by atoms with Crippen molar-refractivity contribution in [3.8, 4) is 5.69 Å². The van der Waals surface area contributed by atoms with Gasteiger partial charge in [0.2, 0.25) is 0 Å². The highest BCUT2D eigenvalue weighted by molar-refractivity contribution is 8.00. The Labute approximate surface area is 155 Å². The molecule has 1 saturated heterocycles. The predicted octanol–water partition coefficient (Wildman–Crippen LogP) is 3.36. The average Bonchev–Trinajstić information content (AvgIpc) is 3.07. The molecule has 1 fully saturated rings. The van der Waals surface area contributed by atoms with E-state index < -0.39 is 0 Å². The van der Waals surface area contributed by atoms with Gasteiger partial charge in [-0.2, -0.15) is 0 Å². The van der Waals surface area contributed by atoms with Crippen LogP contribution in [-0.4, -0.2) is 27.4 Å². The Bertz CT molecular complexity index is 1040. The highest BCUT2D eigenvalue weighted by Crippen LogP contribution is 2.30. The molecule has 1 aliphatic rings. The predicted molar refractivity (Wildman–Crippen MR) is 102 cm³/mol. The summed E-state index contributed by atoms with van der Waals surface area (Å²) in [7, 11) is 0. The molecule has 26 heavy (non-hydrogen) atoms. The van der Waals surface area contributed by atoms with Crippen molar-refractivity contribution in [1.82, 2.24) is 9.55 Å². The van der Waals surface area contributed by atoms with Crippen LogP contribution in [0.2, 0.25) is 0 Å². The minimum absolute atomic E-state index is 0.120. The topological polar surface area (TPSA) is 61.2 Å². The van der Waals surface area contributed by atoms with E-state index in [0.717, 1.165) is 17.7 Å². The lowest BCUT2D eigenvalue weighted by molar-refractivity contribution is -0.137. The molecule has 132 valence electrons. The Balaban J connectivity index is 1.96. The van der Waals surface area contributed by atoms with E-state index in [-0.39, 0.29) is 16.8 Å². The van der Waals surface area contributed by atoms with Crippen molar-refractivity contribution >= 4 is 28.6 Å². The van der Waals surface area contributed by atoms with Gasteiger partial charge in [-0.1, -0.05) is 49.0 Å². The average molecular weight is 366 g/mol. The Morgan fingerprint density at radius 1 is 1.15 bits per heavy atom. The molecule has 0 saturated carbocycles. The van der Waals surface area contributed by atoms with E-state index in [1.165, 1.54) is 11.8 Å². The van der Waals surface area contributed by atoms with Gasteiger partial charge < -0.3 is 4.74 Å². The van der Waals surface area contributed by atoms with Gasteiger partial charge in [-0.15, -0.1) is 0 Å². The monoisotopic (exact) mass is 366 g/mol. The van der Waals surface area contributed by atoms with Gasteiger partial charge in [0.15, 0.2) is 5.16 Å². The standard InChI is InChI=1S/C20H18N2O3S/c1-2-13-7-3-6-10-16(13)22-18(23)14-8-4-5-9-15(14)21-20(22)26-17-11-12-25-19(17)24/h3-10,17H,2,11-12H2,1H3/t17-/m0/s1. The fourth-order valence-corrected chi connectivity index (χ4v) is 4.21. The molecule has 4 rings (SSSR count). The highest BCUT2D eigenvalue weighted by Gasteiger charge is 2.30. The zero-order chi connectivity index (χ0) is 18.1. The van der Waals surface area contributed by atoms with Crippen LogP contribution >= 0.6 is 11.8 Å². The maximum Gasteiger partial charge on any atom is 0.319 e. The summed E-state index contributed by atoms with van der Waals surface area (Å²) >= 11 is 1.31. The van der Waals surface area contributed by atoms with Gasteiger partial charge in [0.25, 0.3) is 5.56 Å². The summed E-state index contributed by atoms with van der Waals surface area (Å²) in [5, 5.41) is 0.762. The molecule has 6 heteroatoms. The van der Waals surface area contributed by atoms with E-state index >= 15 is 0 Å². The van der Waals surface area contributed by atoms with Crippen LogP contribution in [0.15, 0.2) is 58.5 Å². The molecule has 0 spiro atoms. The third-order valence-electron chi connectivity index (χ3n) is 4.49. The van der Waals surface area contributed by atoms with Crippen molar-refractivity contribution in [3.05, 3.63) is 64.4 Å². The molecule has 1 aromatic heterocycles. The lowest BCUT2D eigenvalue weighted by Crippen LogP contribution is -2.24. The van der Waals surface area contributed by atoms with Crippen LogP contribution in [0.25, 0.3) is 16.6 Å². The van der Waals surface area contributed by atoms with Crippen molar-refractivity contribution < 1.29 is 9.53 Å². The first kappa shape index (κ1) is 16.8. The molecule has 0 bridgehead atoms. The number of aromatic nitrogens is 2. The number of hydrogen-bond donors (Lipinski definition) is 0. The number of carbonyl (C=O) groups excluding carboxylic acids is 1. The second kappa shape index (κ2) is 6.96. The fourth-order valence-electron chi connectivity index (χ4n) is 3.14. The van der Waals surface area contributed by atoms with Gasteiger partial charge in [0.1, 0.15) is 5.25 Å². The number of aryl methyl sites for hydroxylation is 1. The van der Waals surface area contributed by atoms with Gasteiger partial charge >= 0.3 is 5.97 Å². The number of hydrogen-bond acceptors (Lipinski definition) is 5. The van der Waals surface area contributed by atoms with Crippen LogP contribution in [-0.2, 0) is 16.0 Å². The summed E-state index contributed by atoms with van der Waals surface area (Å²) < 4.78 is 6.71. The van der Waals surface area contributed by atoms with Gasteiger partial charge in [0, 0.05) is 6.42 Å². The molecule has 0 amide bonds. The highest BCUT2D eigenvalue weighted by atomic mass is 32.2. The quantitative estimate of drug-likeness (QED) is 0.523. The molecule has 2 aromatic carbocycles. The number of para-hydroxylation sites is 2. The number of esters is 1. The molecular formula is C20H18N2O3S. The molecule has 0 radical (unpaired) electrons. The molecule has 1 atom stereocenters. The first-order chi connectivity index (χ1) is 12.7. The van der Waals surface area contributed by atoms with Crippen molar-refractivity contribution in [2.75, 3.05) is 6.61 Å². The minimum atomic E-state index is -0.330. The molecule has 0 unspecified atom stereocenters. The summed E-state index contributed by atoms with van der Waals surface area (Å²) in [6.07, 6.45) is 1.42. The smallest absolute Gasteiger partial charge is 0.319 e. The molecular weight excluding hydrogens is 348 g/mol. The molecule has 1 aliphatic heterocycles. The van der Waals surface area contributed by atoms with Crippen LogP contribution in [0.1, 0.15) is 18.9 Å². The molecule has 0 N–H and O–H groups in total. The lowest BCUT2D eigenvalue weighted by atomic mass is 10.1. The maximum atomic E-state index is 13.3. The SMILES string of the molecule is CCc1ccccc1-n1c(S[C@H]2CCOC2=O)nc2ccccc2c1=O. The van der Waals surface area contributed by atoms with Crippen molar-refractivity contribution in [2.45, 2.75) is 30.2 Å². The van der Waals surface area contributed by atoms with Gasteiger partial charge in [0.05, 0.1) is 23.2 Å². The summed E-state index contributed by atoms with van der Waals surface area (Å²) in [5.74, 6) is -0.243. The third kappa shape index (κ3) is 2.90. The number of rotatable bonds is 4. The zero-order valence-electron chi connectivity index (χ0n) is 14.3. The zero-order valence-corrected chi connectivity index (χ0v) is 15.2. The van der Waals surface area contributed by atoms with Crippen LogP contribution in [0.5, 0.6) is 0 Å². The van der Waals surface area contributed by atoms with E-state index in [1.54, 1.807) is 10.6 Å². The normalized spacial score (nSPS) is 16.8. The number of thioether (sulfide) groups is 1. The lowest BCUT2D eigenvalue weighted by Gasteiger charge is -2.17. The first-order valence-electron chi connectivity index (χ1n) is 8.62. The third-order valence-corrected chi connectivity index (χ3v) is 5.69. The number of benzene rings is 2. The minimum Gasteiger partial charge on any atom is -0.465 e. The number of cyclic esters (lactones) is 1. The number of nitrogens with zero attached hydrogens (tertiary/aromatic N) is 2. The fraction of sp³-hybridized carbons (Fsp3) is 0.250. The summed E-state index contributed by atoms with van der Waals surface area (Å²) in [6.45, 7) is 2.47. The van der Waals surface area contributed by atoms with Crippen molar-refractivity contribution in [2.24, 2.45) is 0 Å². The summed E-state index contributed by atoms with van der Waals surface area (Å²) in [4.78, 5) is 29.9. The van der Waals surface area contributed by atoms with E-state index in [0.29, 0.717) is 29.1 Å². The second-order valence-corrected chi connectivity index (χ2v) is 7.27. The van der Waals surface area contributed by atoms with Crippen LogP contribution in [0, 0.1) is 0 Å². The number of fused-ring (bicyclic) bond motifs is 1. The molecule has 5 nitrogen and oxygen atoms in total.